The molecule has 2 rings (SSSR count). The summed E-state index contributed by atoms with van der Waals surface area (Å²) >= 11 is 0. The van der Waals surface area contributed by atoms with Crippen LogP contribution in [0, 0.1) is 0 Å². The van der Waals surface area contributed by atoms with Gasteiger partial charge in [0.15, 0.2) is 0 Å². The van der Waals surface area contributed by atoms with Gasteiger partial charge in [-0.2, -0.15) is 0 Å². The third-order valence-electron chi connectivity index (χ3n) is 2.62. The van der Waals surface area contributed by atoms with Crippen molar-refractivity contribution in [2.45, 2.75) is 12.3 Å². The van der Waals surface area contributed by atoms with Gasteiger partial charge in [-0.1, -0.05) is 30.4 Å². The first kappa shape index (κ1) is 9.84. The molecule has 1 aromatic carbocycles. The molecule has 0 saturated heterocycles. The van der Waals surface area contributed by atoms with Gasteiger partial charge < -0.3 is 9.84 Å². The number of hydrogen-bond acceptors (Lipinski definition) is 2. The summed E-state index contributed by atoms with van der Waals surface area (Å²) in [7, 11) is 1.59. The molecule has 1 N–H and O–H groups in total. The lowest BCUT2D eigenvalue weighted by Crippen LogP contribution is -1.97. The van der Waals surface area contributed by atoms with Gasteiger partial charge in [0.2, 0.25) is 0 Å². The summed E-state index contributed by atoms with van der Waals surface area (Å²) in [4.78, 5) is 0. The number of phenols is 1. The van der Waals surface area contributed by atoms with E-state index in [1.807, 2.05) is 24.3 Å². The summed E-state index contributed by atoms with van der Waals surface area (Å²) in [5, 5.41) is 9.84. The van der Waals surface area contributed by atoms with E-state index in [-0.39, 0.29) is 5.92 Å². The molecule has 0 aromatic heterocycles. The zero-order valence-electron chi connectivity index (χ0n) is 8.68. The molecule has 0 spiro atoms. The highest BCUT2D eigenvalue weighted by Gasteiger charge is 2.13. The van der Waals surface area contributed by atoms with Gasteiger partial charge in [0.1, 0.15) is 11.5 Å². The zero-order chi connectivity index (χ0) is 10.7. The van der Waals surface area contributed by atoms with E-state index in [9.17, 15) is 5.11 Å². The third kappa shape index (κ3) is 2.04. The van der Waals surface area contributed by atoms with E-state index in [0.717, 1.165) is 12.0 Å². The molecule has 1 unspecified atom stereocenters. The van der Waals surface area contributed by atoms with Gasteiger partial charge in [0, 0.05) is 17.5 Å². The first-order valence-electron chi connectivity index (χ1n) is 5.01. The normalized spacial score (nSPS) is 19.1. The van der Waals surface area contributed by atoms with Crippen LogP contribution in [-0.4, -0.2) is 12.2 Å². The first-order chi connectivity index (χ1) is 7.31. The Morgan fingerprint density at radius 1 is 1.33 bits per heavy atom. The van der Waals surface area contributed by atoms with Crippen molar-refractivity contribution in [3.63, 3.8) is 0 Å². The second-order valence-corrected chi connectivity index (χ2v) is 3.58. The van der Waals surface area contributed by atoms with Crippen LogP contribution in [0.4, 0.5) is 0 Å². The van der Waals surface area contributed by atoms with E-state index in [0.29, 0.717) is 11.5 Å². The van der Waals surface area contributed by atoms with E-state index in [4.69, 9.17) is 4.74 Å². The molecule has 78 valence electrons. The number of aromatic hydroxyl groups is 1. The number of ether oxygens (including phenoxy) is 1. The van der Waals surface area contributed by atoms with Crippen LogP contribution in [0.3, 0.4) is 0 Å². The van der Waals surface area contributed by atoms with Gasteiger partial charge in [0.05, 0.1) is 7.11 Å². The number of methoxy groups -OCH3 is 1. The van der Waals surface area contributed by atoms with Crippen molar-refractivity contribution in [2.75, 3.05) is 7.11 Å². The summed E-state index contributed by atoms with van der Waals surface area (Å²) in [6.07, 6.45) is 9.18. The standard InChI is InChI=1S/C13H14O2/c1-15-11-7-8-12(13(14)9-11)10-5-3-2-4-6-10/h2-5,7-10,14H,6H2,1H3. The molecule has 1 aliphatic rings. The molecule has 1 aromatic rings. The summed E-state index contributed by atoms with van der Waals surface area (Å²) in [6.45, 7) is 0. The number of allylic oxidation sites excluding steroid dienone is 4. The summed E-state index contributed by atoms with van der Waals surface area (Å²) in [5.74, 6) is 1.27. The van der Waals surface area contributed by atoms with Crippen molar-refractivity contribution < 1.29 is 9.84 Å². The average Bonchev–Trinajstić information content (AvgIpc) is 2.30. The lowest BCUT2D eigenvalue weighted by molar-refractivity contribution is 0.406. The topological polar surface area (TPSA) is 29.5 Å². The largest absolute Gasteiger partial charge is 0.508 e. The Kier molecular flexibility index (Phi) is 2.77. The predicted octanol–water partition coefficient (Wildman–Crippen LogP) is 3.00. The molecule has 2 heteroatoms. The Balaban J connectivity index is 2.28. The van der Waals surface area contributed by atoms with Crippen molar-refractivity contribution in [3.05, 3.63) is 48.1 Å². The van der Waals surface area contributed by atoms with Gasteiger partial charge in [0.25, 0.3) is 0 Å². The van der Waals surface area contributed by atoms with Crippen LogP contribution in [0.5, 0.6) is 11.5 Å². The van der Waals surface area contributed by atoms with E-state index in [2.05, 4.69) is 12.2 Å². The highest BCUT2D eigenvalue weighted by Crippen LogP contribution is 2.33. The maximum Gasteiger partial charge on any atom is 0.123 e. The van der Waals surface area contributed by atoms with Crippen LogP contribution in [0.1, 0.15) is 17.9 Å². The summed E-state index contributed by atoms with van der Waals surface area (Å²) in [5.41, 5.74) is 0.955. The molecule has 0 heterocycles. The van der Waals surface area contributed by atoms with Crippen molar-refractivity contribution in [1.29, 1.82) is 0 Å². The molecule has 1 atom stereocenters. The quantitative estimate of drug-likeness (QED) is 0.798. The summed E-state index contributed by atoms with van der Waals surface area (Å²) < 4.78 is 5.05. The maximum absolute atomic E-state index is 9.84. The minimum Gasteiger partial charge on any atom is -0.508 e. The van der Waals surface area contributed by atoms with E-state index < -0.39 is 0 Å². The van der Waals surface area contributed by atoms with Gasteiger partial charge in [-0.25, -0.2) is 0 Å². The minimum absolute atomic E-state index is 0.279. The Labute approximate surface area is 89.5 Å². The van der Waals surface area contributed by atoms with Crippen molar-refractivity contribution in [2.24, 2.45) is 0 Å². The second kappa shape index (κ2) is 4.22. The predicted molar refractivity (Wildman–Crippen MR) is 60.3 cm³/mol. The highest BCUT2D eigenvalue weighted by atomic mass is 16.5. The lowest BCUT2D eigenvalue weighted by Gasteiger charge is -2.15. The molecule has 0 fully saturated rings. The molecule has 0 radical (unpaired) electrons. The molecule has 15 heavy (non-hydrogen) atoms. The molecular weight excluding hydrogens is 188 g/mol. The van der Waals surface area contributed by atoms with Crippen LogP contribution in [0.15, 0.2) is 42.5 Å². The monoisotopic (exact) mass is 202 g/mol. The number of rotatable bonds is 2. The third-order valence-corrected chi connectivity index (χ3v) is 2.62. The SMILES string of the molecule is COc1ccc(C2C=CC=CC2)c(O)c1. The maximum atomic E-state index is 9.84. The van der Waals surface area contributed by atoms with E-state index in [1.165, 1.54) is 0 Å². The molecule has 0 amide bonds. The van der Waals surface area contributed by atoms with Crippen LogP contribution in [-0.2, 0) is 0 Å². The molecular formula is C13H14O2. The first-order valence-corrected chi connectivity index (χ1v) is 5.01. The molecule has 0 aliphatic heterocycles. The van der Waals surface area contributed by atoms with Gasteiger partial charge in [-0.15, -0.1) is 0 Å². The number of phenolic OH excluding ortho intramolecular Hbond substituents is 1. The minimum atomic E-state index is 0.279. The lowest BCUT2D eigenvalue weighted by atomic mass is 9.92. The van der Waals surface area contributed by atoms with E-state index in [1.54, 1.807) is 13.2 Å². The van der Waals surface area contributed by atoms with Crippen LogP contribution in [0.25, 0.3) is 0 Å². The Morgan fingerprint density at radius 2 is 2.20 bits per heavy atom. The van der Waals surface area contributed by atoms with E-state index >= 15 is 0 Å². The van der Waals surface area contributed by atoms with Crippen molar-refractivity contribution >= 4 is 0 Å². The Morgan fingerprint density at radius 3 is 2.80 bits per heavy atom. The highest BCUT2D eigenvalue weighted by molar-refractivity contribution is 5.44. The fourth-order valence-corrected chi connectivity index (χ4v) is 1.78. The van der Waals surface area contributed by atoms with Crippen LogP contribution >= 0.6 is 0 Å². The smallest absolute Gasteiger partial charge is 0.123 e. The van der Waals surface area contributed by atoms with Gasteiger partial charge >= 0.3 is 0 Å². The molecule has 0 bridgehead atoms. The van der Waals surface area contributed by atoms with Crippen molar-refractivity contribution in [1.82, 2.24) is 0 Å². The van der Waals surface area contributed by atoms with Gasteiger partial charge in [-0.05, 0) is 12.5 Å². The number of hydrogen-bond donors (Lipinski definition) is 1. The Hall–Kier alpha value is -1.70. The summed E-state index contributed by atoms with van der Waals surface area (Å²) in [6, 6.07) is 5.45. The number of benzene rings is 1. The molecule has 2 nitrogen and oxygen atoms in total. The fraction of sp³-hybridized carbons (Fsp3) is 0.231. The fourth-order valence-electron chi connectivity index (χ4n) is 1.78. The average molecular weight is 202 g/mol. The molecule has 0 saturated carbocycles. The van der Waals surface area contributed by atoms with Crippen molar-refractivity contribution in [3.8, 4) is 11.5 Å². The zero-order valence-corrected chi connectivity index (χ0v) is 8.68. The Bertz CT molecular complexity index is 405. The van der Waals surface area contributed by atoms with Crippen LogP contribution in [0.2, 0.25) is 0 Å². The molecule has 1 aliphatic carbocycles. The van der Waals surface area contributed by atoms with Gasteiger partial charge in [-0.3, -0.25) is 0 Å². The van der Waals surface area contributed by atoms with Crippen LogP contribution < -0.4 is 4.74 Å². The second-order valence-electron chi connectivity index (χ2n) is 3.58.